The highest BCUT2D eigenvalue weighted by molar-refractivity contribution is 5.92. The number of nitrogens with one attached hydrogen (secondary N) is 1. The predicted octanol–water partition coefficient (Wildman–Crippen LogP) is 1.44. The second-order valence-electron chi connectivity index (χ2n) is 5.55. The average molecular weight is 297 g/mol. The normalized spacial score (nSPS) is 13.7. The molecule has 1 saturated carbocycles. The number of pyridine rings is 1. The standard InChI is InChI=1S/C16H19N5O/c1-21(11-8-12-6-9-17-10-7-12)15-5-4-14(19-20-15)16(22)18-13-2-3-13/h4-7,9-10,13H,2-3,8,11H2,1H3,(H,18,22). The van der Waals surface area contributed by atoms with Crippen molar-refractivity contribution in [2.75, 3.05) is 18.5 Å². The van der Waals surface area contributed by atoms with Crippen LogP contribution in [0.3, 0.4) is 0 Å². The molecule has 0 atom stereocenters. The fraction of sp³-hybridized carbons (Fsp3) is 0.375. The summed E-state index contributed by atoms with van der Waals surface area (Å²) in [4.78, 5) is 17.9. The molecule has 1 fully saturated rings. The van der Waals surface area contributed by atoms with Crippen LogP contribution in [0, 0.1) is 0 Å². The van der Waals surface area contributed by atoms with Gasteiger partial charge in [0.15, 0.2) is 11.5 Å². The van der Waals surface area contributed by atoms with Crippen molar-refractivity contribution in [3.63, 3.8) is 0 Å². The molecule has 2 aromatic rings. The maximum atomic E-state index is 11.9. The Hall–Kier alpha value is -2.50. The summed E-state index contributed by atoms with van der Waals surface area (Å²) in [6, 6.07) is 7.90. The largest absolute Gasteiger partial charge is 0.358 e. The molecule has 0 saturated heterocycles. The molecule has 0 unspecified atom stereocenters. The highest BCUT2D eigenvalue weighted by Crippen LogP contribution is 2.19. The first-order chi connectivity index (χ1) is 10.7. The molecule has 1 N–H and O–H groups in total. The molecule has 2 heterocycles. The topological polar surface area (TPSA) is 71.0 Å². The number of likely N-dealkylation sites (N-methyl/N-ethyl adjacent to an activating group) is 1. The quantitative estimate of drug-likeness (QED) is 0.873. The Kier molecular flexibility index (Phi) is 4.27. The Morgan fingerprint density at radius 2 is 2.00 bits per heavy atom. The Morgan fingerprint density at radius 3 is 2.64 bits per heavy atom. The maximum absolute atomic E-state index is 11.9. The third-order valence-corrected chi connectivity index (χ3v) is 3.67. The number of carbonyl (C=O) groups excluding carboxylic acids is 1. The lowest BCUT2D eigenvalue weighted by Crippen LogP contribution is -2.27. The average Bonchev–Trinajstić information content (AvgIpc) is 3.37. The lowest BCUT2D eigenvalue weighted by atomic mass is 10.2. The highest BCUT2D eigenvalue weighted by atomic mass is 16.2. The molecule has 6 nitrogen and oxygen atoms in total. The number of amides is 1. The summed E-state index contributed by atoms with van der Waals surface area (Å²) in [6.45, 7) is 0.826. The van der Waals surface area contributed by atoms with Gasteiger partial charge in [0.05, 0.1) is 0 Å². The van der Waals surface area contributed by atoms with E-state index in [0.29, 0.717) is 11.7 Å². The molecule has 3 rings (SSSR count). The molecule has 0 radical (unpaired) electrons. The van der Waals surface area contributed by atoms with E-state index in [0.717, 1.165) is 31.6 Å². The summed E-state index contributed by atoms with van der Waals surface area (Å²) in [6.07, 6.45) is 6.62. The van der Waals surface area contributed by atoms with Gasteiger partial charge in [-0.3, -0.25) is 9.78 Å². The molecule has 0 spiro atoms. The zero-order chi connectivity index (χ0) is 15.4. The van der Waals surface area contributed by atoms with Gasteiger partial charge >= 0.3 is 0 Å². The molecular weight excluding hydrogens is 278 g/mol. The van der Waals surface area contributed by atoms with Crippen LogP contribution in [0.15, 0.2) is 36.7 Å². The second kappa shape index (κ2) is 6.51. The molecule has 114 valence electrons. The van der Waals surface area contributed by atoms with E-state index >= 15 is 0 Å². The highest BCUT2D eigenvalue weighted by Gasteiger charge is 2.24. The number of rotatable bonds is 6. The van der Waals surface area contributed by atoms with Crippen LogP contribution in [0.4, 0.5) is 5.82 Å². The lowest BCUT2D eigenvalue weighted by molar-refractivity contribution is 0.0945. The van der Waals surface area contributed by atoms with Gasteiger partial charge in [-0.05, 0) is 49.1 Å². The van der Waals surface area contributed by atoms with E-state index < -0.39 is 0 Å². The first kappa shape index (κ1) is 14.4. The SMILES string of the molecule is CN(CCc1ccncc1)c1ccc(C(=O)NC2CC2)nn1. The maximum Gasteiger partial charge on any atom is 0.272 e. The number of nitrogens with zero attached hydrogens (tertiary/aromatic N) is 4. The van der Waals surface area contributed by atoms with E-state index in [1.165, 1.54) is 5.56 Å². The molecule has 1 amide bonds. The van der Waals surface area contributed by atoms with Crippen LogP contribution in [-0.2, 0) is 6.42 Å². The molecule has 1 aliphatic carbocycles. The van der Waals surface area contributed by atoms with Crippen LogP contribution < -0.4 is 10.2 Å². The smallest absolute Gasteiger partial charge is 0.272 e. The van der Waals surface area contributed by atoms with Gasteiger partial charge in [0.2, 0.25) is 0 Å². The van der Waals surface area contributed by atoms with Crippen molar-refractivity contribution in [3.8, 4) is 0 Å². The first-order valence-corrected chi connectivity index (χ1v) is 7.47. The minimum atomic E-state index is -0.138. The third kappa shape index (κ3) is 3.78. The first-order valence-electron chi connectivity index (χ1n) is 7.47. The molecule has 22 heavy (non-hydrogen) atoms. The summed E-state index contributed by atoms with van der Waals surface area (Å²) in [5.41, 5.74) is 1.61. The number of carbonyl (C=O) groups is 1. The monoisotopic (exact) mass is 297 g/mol. The number of aromatic nitrogens is 3. The Balaban J connectivity index is 1.55. The Bertz CT molecular complexity index is 625. The number of hydrogen-bond donors (Lipinski definition) is 1. The minimum Gasteiger partial charge on any atom is -0.358 e. The summed E-state index contributed by atoms with van der Waals surface area (Å²) in [5.74, 6) is 0.623. The molecular formula is C16H19N5O. The van der Waals surface area contributed by atoms with Gasteiger partial charge in [-0.15, -0.1) is 10.2 Å². The van der Waals surface area contributed by atoms with Crippen molar-refractivity contribution in [1.82, 2.24) is 20.5 Å². The van der Waals surface area contributed by atoms with Crippen molar-refractivity contribution in [2.45, 2.75) is 25.3 Å². The summed E-state index contributed by atoms with van der Waals surface area (Å²) in [7, 11) is 1.97. The minimum absolute atomic E-state index is 0.138. The zero-order valence-electron chi connectivity index (χ0n) is 12.6. The molecule has 0 aromatic carbocycles. The van der Waals surface area contributed by atoms with Crippen molar-refractivity contribution in [1.29, 1.82) is 0 Å². The third-order valence-electron chi connectivity index (χ3n) is 3.67. The molecule has 0 aliphatic heterocycles. The van der Waals surface area contributed by atoms with Crippen LogP contribution in [-0.4, -0.2) is 40.7 Å². The van der Waals surface area contributed by atoms with E-state index in [1.807, 2.05) is 30.1 Å². The Labute approximate surface area is 129 Å². The van der Waals surface area contributed by atoms with E-state index in [4.69, 9.17) is 0 Å². The van der Waals surface area contributed by atoms with Crippen molar-refractivity contribution in [3.05, 3.63) is 47.9 Å². The van der Waals surface area contributed by atoms with Crippen LogP contribution in [0.25, 0.3) is 0 Å². The summed E-state index contributed by atoms with van der Waals surface area (Å²) >= 11 is 0. The van der Waals surface area contributed by atoms with Crippen LogP contribution in [0.1, 0.15) is 28.9 Å². The number of hydrogen-bond acceptors (Lipinski definition) is 5. The van der Waals surface area contributed by atoms with Gasteiger partial charge in [0, 0.05) is 32.0 Å². The summed E-state index contributed by atoms with van der Waals surface area (Å²) < 4.78 is 0. The second-order valence-corrected chi connectivity index (χ2v) is 5.55. The predicted molar refractivity (Wildman–Crippen MR) is 83.7 cm³/mol. The fourth-order valence-corrected chi connectivity index (χ4v) is 2.10. The van der Waals surface area contributed by atoms with Crippen molar-refractivity contribution >= 4 is 11.7 Å². The van der Waals surface area contributed by atoms with E-state index in [1.54, 1.807) is 18.5 Å². The van der Waals surface area contributed by atoms with Crippen LogP contribution >= 0.6 is 0 Å². The van der Waals surface area contributed by atoms with Gasteiger partial charge in [-0.25, -0.2) is 0 Å². The lowest BCUT2D eigenvalue weighted by Gasteiger charge is -2.17. The van der Waals surface area contributed by atoms with Gasteiger partial charge in [0.1, 0.15) is 0 Å². The van der Waals surface area contributed by atoms with Gasteiger partial charge in [-0.2, -0.15) is 0 Å². The Morgan fingerprint density at radius 1 is 1.23 bits per heavy atom. The van der Waals surface area contributed by atoms with Crippen molar-refractivity contribution < 1.29 is 4.79 Å². The van der Waals surface area contributed by atoms with E-state index in [9.17, 15) is 4.79 Å². The molecule has 1 aliphatic rings. The fourth-order valence-electron chi connectivity index (χ4n) is 2.10. The zero-order valence-corrected chi connectivity index (χ0v) is 12.6. The van der Waals surface area contributed by atoms with Crippen LogP contribution in [0.2, 0.25) is 0 Å². The molecule has 0 bridgehead atoms. The van der Waals surface area contributed by atoms with Gasteiger partial charge < -0.3 is 10.2 Å². The van der Waals surface area contributed by atoms with E-state index in [2.05, 4.69) is 20.5 Å². The van der Waals surface area contributed by atoms with Crippen molar-refractivity contribution in [2.24, 2.45) is 0 Å². The van der Waals surface area contributed by atoms with Gasteiger partial charge in [-0.1, -0.05) is 0 Å². The molecule has 6 heteroatoms. The van der Waals surface area contributed by atoms with Crippen LogP contribution in [0.5, 0.6) is 0 Å². The molecule has 2 aromatic heterocycles. The number of anilines is 1. The summed E-state index contributed by atoms with van der Waals surface area (Å²) in [5, 5.41) is 11.1. The van der Waals surface area contributed by atoms with E-state index in [-0.39, 0.29) is 5.91 Å². The van der Waals surface area contributed by atoms with Gasteiger partial charge in [0.25, 0.3) is 5.91 Å².